The highest BCUT2D eigenvalue weighted by Crippen LogP contribution is 2.09. The van der Waals surface area contributed by atoms with Crippen molar-refractivity contribution in [2.45, 2.75) is 32.0 Å². The molecule has 0 bridgehead atoms. The molecule has 0 aromatic heterocycles. The van der Waals surface area contributed by atoms with E-state index in [2.05, 4.69) is 0 Å². The van der Waals surface area contributed by atoms with Gasteiger partial charge in [-0.05, 0) is 13.0 Å². The quantitative estimate of drug-likeness (QED) is 0.588. The van der Waals surface area contributed by atoms with Crippen molar-refractivity contribution >= 4 is 8.07 Å². The van der Waals surface area contributed by atoms with Crippen molar-refractivity contribution in [2.24, 2.45) is 5.73 Å². The predicted molar refractivity (Wildman–Crippen MR) is 41.8 cm³/mol. The van der Waals surface area contributed by atoms with Crippen LogP contribution in [0.25, 0.3) is 0 Å². The molecule has 2 heteroatoms. The molecule has 0 saturated carbocycles. The van der Waals surface area contributed by atoms with Crippen molar-refractivity contribution < 1.29 is 8.22 Å². The minimum absolute atomic E-state index is 0.233. The first-order chi connectivity index (χ1) is 6.06. The summed E-state index contributed by atoms with van der Waals surface area (Å²) in [5, 5.41) is 0. The third-order valence-corrected chi connectivity index (χ3v) is 2.23. The van der Waals surface area contributed by atoms with Gasteiger partial charge in [0, 0.05) is 16.3 Å². The lowest BCUT2D eigenvalue weighted by Crippen LogP contribution is -2.20. The lowest BCUT2D eigenvalue weighted by Gasteiger charge is -2.13. The molecule has 0 aromatic rings. The van der Waals surface area contributed by atoms with Crippen LogP contribution in [-0.2, 0) is 0 Å². The van der Waals surface area contributed by atoms with Gasteiger partial charge in [-0.1, -0.05) is 25.5 Å². The maximum Gasteiger partial charge on any atom is 0.0443 e. The molecule has 0 rings (SSSR count). The van der Waals surface area contributed by atoms with Crippen LogP contribution in [0.15, 0.2) is 0 Å². The standard InChI is InChI=1S/C6H17NSi/c1-8(2,3)6-4-5-7/h4-7H2,1-3H3/i1D3,2D3. The molecule has 0 aliphatic carbocycles. The first kappa shape index (κ1) is 2.43. The number of hydrogen-bond acceptors (Lipinski definition) is 1. The van der Waals surface area contributed by atoms with Crippen LogP contribution in [0.1, 0.15) is 14.6 Å². The van der Waals surface area contributed by atoms with E-state index in [1.165, 1.54) is 6.55 Å². The van der Waals surface area contributed by atoms with E-state index in [1.54, 1.807) is 0 Å². The largest absolute Gasteiger partial charge is 0.330 e. The Morgan fingerprint density at radius 1 is 1.62 bits per heavy atom. The smallest absolute Gasteiger partial charge is 0.0443 e. The second kappa shape index (κ2) is 3.25. The highest BCUT2D eigenvalue weighted by atomic mass is 28.3. The maximum atomic E-state index is 7.31. The van der Waals surface area contributed by atoms with E-state index in [-0.39, 0.29) is 6.04 Å². The van der Waals surface area contributed by atoms with Crippen LogP contribution in [0, 0.1) is 0 Å². The molecule has 1 nitrogen and oxygen atoms in total. The van der Waals surface area contributed by atoms with Gasteiger partial charge in [-0.25, -0.2) is 0 Å². The fraction of sp³-hybridized carbons (Fsp3) is 1.00. The van der Waals surface area contributed by atoms with E-state index in [0.717, 1.165) is 0 Å². The van der Waals surface area contributed by atoms with Crippen molar-refractivity contribution in [3.05, 3.63) is 0 Å². The van der Waals surface area contributed by atoms with E-state index >= 15 is 0 Å². The van der Waals surface area contributed by atoms with Gasteiger partial charge in [0.1, 0.15) is 0 Å². The van der Waals surface area contributed by atoms with Crippen LogP contribution >= 0.6 is 0 Å². The van der Waals surface area contributed by atoms with E-state index in [4.69, 9.17) is 14.0 Å². The number of nitrogens with two attached hydrogens (primary N) is 1. The molecule has 0 spiro atoms. The van der Waals surface area contributed by atoms with Crippen molar-refractivity contribution in [1.29, 1.82) is 0 Å². The Morgan fingerprint density at radius 3 is 2.62 bits per heavy atom. The summed E-state index contributed by atoms with van der Waals surface area (Å²) in [7, 11) is -3.25. The van der Waals surface area contributed by atoms with Crippen molar-refractivity contribution in [3.63, 3.8) is 0 Å². The lowest BCUT2D eigenvalue weighted by molar-refractivity contribution is 0.912. The molecule has 0 fully saturated rings. The van der Waals surface area contributed by atoms with Gasteiger partial charge in [-0.2, -0.15) is 0 Å². The second-order valence-electron chi connectivity index (χ2n) is 2.22. The minimum atomic E-state index is -3.25. The summed E-state index contributed by atoms with van der Waals surface area (Å²) in [4.78, 5) is 0. The van der Waals surface area contributed by atoms with E-state index in [9.17, 15) is 0 Å². The Hall–Kier alpha value is 0.177. The zero-order valence-corrected chi connectivity index (χ0v) is 6.20. The molecular weight excluding hydrogens is 114 g/mol. The van der Waals surface area contributed by atoms with Crippen LogP contribution in [0.2, 0.25) is 25.5 Å². The molecule has 0 saturated heterocycles. The number of hydrogen-bond donors (Lipinski definition) is 1. The Bertz CT molecular complexity index is 172. The van der Waals surface area contributed by atoms with Crippen molar-refractivity contribution in [2.75, 3.05) is 6.54 Å². The summed E-state index contributed by atoms with van der Waals surface area (Å²) in [5.41, 5.74) is 5.28. The second-order valence-corrected chi connectivity index (χ2v) is 5.39. The Balaban J connectivity index is 4.87. The van der Waals surface area contributed by atoms with Gasteiger partial charge in [0.05, 0.1) is 0 Å². The predicted octanol–water partition coefficient (Wildman–Crippen LogP) is 1.67. The van der Waals surface area contributed by atoms with Crippen LogP contribution in [0.5, 0.6) is 0 Å². The summed E-state index contributed by atoms with van der Waals surface area (Å²) in [5.74, 6) is 0. The van der Waals surface area contributed by atoms with E-state index < -0.39 is 21.0 Å². The summed E-state index contributed by atoms with van der Waals surface area (Å²) in [6.07, 6.45) is 0.472. The summed E-state index contributed by atoms with van der Waals surface area (Å²) >= 11 is 0. The average molecular weight is 137 g/mol. The fourth-order valence-corrected chi connectivity index (χ4v) is 1.37. The number of rotatable bonds is 3. The fourth-order valence-electron chi connectivity index (χ4n) is 0.456. The molecule has 8 heavy (non-hydrogen) atoms. The third kappa shape index (κ3) is 6.18. The van der Waals surface area contributed by atoms with Crippen LogP contribution < -0.4 is 5.73 Å². The van der Waals surface area contributed by atoms with Crippen LogP contribution in [0.4, 0.5) is 0 Å². The zero-order valence-electron chi connectivity index (χ0n) is 11.2. The SMILES string of the molecule is [2H]C([2H])([2H])[Si](C)(CCCN)C([2H])([2H])[2H]. The van der Waals surface area contributed by atoms with E-state index in [0.29, 0.717) is 13.0 Å². The Kier molecular flexibility index (Phi) is 0.986. The molecule has 2 N–H and O–H groups in total. The summed E-state index contributed by atoms with van der Waals surface area (Å²) < 4.78 is 43.9. The van der Waals surface area contributed by atoms with Gasteiger partial charge in [0.25, 0.3) is 0 Å². The molecule has 0 unspecified atom stereocenters. The zero-order chi connectivity index (χ0) is 11.6. The van der Waals surface area contributed by atoms with Gasteiger partial charge >= 0.3 is 0 Å². The molecule has 0 aromatic carbocycles. The lowest BCUT2D eigenvalue weighted by atomic mass is 10.5. The third-order valence-electron chi connectivity index (χ3n) is 0.881. The summed E-state index contributed by atoms with van der Waals surface area (Å²) in [6, 6.07) is 0.233. The maximum absolute atomic E-state index is 7.31. The Labute approximate surface area is 61.7 Å². The highest BCUT2D eigenvalue weighted by Gasteiger charge is 2.10. The van der Waals surface area contributed by atoms with Gasteiger partial charge in [-0.3, -0.25) is 0 Å². The van der Waals surface area contributed by atoms with Crippen LogP contribution in [0.3, 0.4) is 0 Å². The van der Waals surface area contributed by atoms with Gasteiger partial charge in [-0.15, -0.1) is 0 Å². The molecule has 0 amide bonds. The monoisotopic (exact) mass is 137 g/mol. The van der Waals surface area contributed by atoms with Gasteiger partial charge in [0.2, 0.25) is 0 Å². The van der Waals surface area contributed by atoms with Crippen molar-refractivity contribution in [3.8, 4) is 0 Å². The summed E-state index contributed by atoms with van der Waals surface area (Å²) in [6.45, 7) is -2.92. The molecule has 0 aliphatic heterocycles. The van der Waals surface area contributed by atoms with Crippen LogP contribution in [-0.4, -0.2) is 14.6 Å². The molecule has 0 aliphatic rings. The van der Waals surface area contributed by atoms with Gasteiger partial charge in [0.15, 0.2) is 0 Å². The molecule has 0 radical (unpaired) electrons. The minimum Gasteiger partial charge on any atom is -0.330 e. The average Bonchev–Trinajstić information content (AvgIpc) is 1.95. The first-order valence-electron chi connectivity index (χ1n) is 5.76. The normalized spacial score (nSPS) is 26.2. The molecule has 0 atom stereocenters. The van der Waals surface area contributed by atoms with E-state index in [1.807, 2.05) is 0 Å². The molecule has 50 valence electrons. The van der Waals surface area contributed by atoms with Crippen molar-refractivity contribution in [1.82, 2.24) is 0 Å². The highest BCUT2D eigenvalue weighted by molar-refractivity contribution is 6.76. The van der Waals surface area contributed by atoms with Gasteiger partial charge < -0.3 is 5.73 Å². The Morgan fingerprint density at radius 2 is 2.25 bits per heavy atom. The molecule has 0 heterocycles. The first-order valence-corrected chi connectivity index (χ1v) is 5.47. The topological polar surface area (TPSA) is 26.0 Å². The molecular formula is C6H17NSi.